The molecule has 0 aliphatic carbocycles. The van der Waals surface area contributed by atoms with Crippen molar-refractivity contribution in [3.8, 4) is 0 Å². The van der Waals surface area contributed by atoms with Gasteiger partial charge in [0.1, 0.15) is 0 Å². The monoisotopic (exact) mass is 210 g/mol. The van der Waals surface area contributed by atoms with Crippen LogP contribution in [0.25, 0.3) is 0 Å². The molecule has 1 heterocycles. The molecular weight excluding hydrogens is 196 g/mol. The van der Waals surface area contributed by atoms with Crippen molar-refractivity contribution in [1.82, 2.24) is 5.32 Å². The van der Waals surface area contributed by atoms with E-state index in [-0.39, 0.29) is 0 Å². The minimum atomic E-state index is 0.414. The molecule has 0 spiro atoms. The highest BCUT2D eigenvalue weighted by Crippen LogP contribution is 2.29. The summed E-state index contributed by atoms with van der Waals surface area (Å²) >= 11 is 5.84. The van der Waals surface area contributed by atoms with Crippen LogP contribution >= 0.6 is 11.6 Å². The first-order valence-electron chi connectivity index (χ1n) is 5.00. The van der Waals surface area contributed by atoms with Crippen LogP contribution in [0.5, 0.6) is 0 Å². The van der Waals surface area contributed by atoms with Crippen LogP contribution in [-0.4, -0.2) is 13.1 Å². The normalized spacial score (nSPS) is 26.7. The highest BCUT2D eigenvalue weighted by molar-refractivity contribution is 6.30. The van der Waals surface area contributed by atoms with Gasteiger partial charge in [-0.05, 0) is 43.1 Å². The van der Waals surface area contributed by atoms with Crippen LogP contribution in [0.1, 0.15) is 18.0 Å². The van der Waals surface area contributed by atoms with Crippen LogP contribution in [0.4, 0.5) is 0 Å². The maximum absolute atomic E-state index is 5.84. The predicted octanol–water partition coefficient (Wildman–Crippen LogP) is 1.95. The van der Waals surface area contributed by atoms with E-state index in [1.165, 1.54) is 12.0 Å². The Kier molecular flexibility index (Phi) is 3.06. The summed E-state index contributed by atoms with van der Waals surface area (Å²) in [5.41, 5.74) is 7.02. The van der Waals surface area contributed by atoms with E-state index in [1.54, 1.807) is 0 Å². The molecule has 1 aliphatic heterocycles. The summed E-state index contributed by atoms with van der Waals surface area (Å²) in [4.78, 5) is 0. The maximum atomic E-state index is 5.84. The van der Waals surface area contributed by atoms with E-state index < -0.39 is 0 Å². The molecule has 2 rings (SSSR count). The highest BCUT2D eigenvalue weighted by Gasteiger charge is 2.26. The summed E-state index contributed by atoms with van der Waals surface area (Å²) in [5, 5.41) is 4.26. The zero-order valence-corrected chi connectivity index (χ0v) is 8.80. The van der Waals surface area contributed by atoms with Crippen LogP contribution < -0.4 is 11.1 Å². The minimum Gasteiger partial charge on any atom is -0.330 e. The molecule has 1 saturated heterocycles. The zero-order valence-electron chi connectivity index (χ0n) is 8.04. The van der Waals surface area contributed by atoms with Gasteiger partial charge in [-0.25, -0.2) is 0 Å². The second-order valence-corrected chi connectivity index (χ2v) is 4.20. The molecule has 2 nitrogen and oxygen atoms in total. The van der Waals surface area contributed by atoms with Crippen LogP contribution in [0.15, 0.2) is 24.3 Å². The summed E-state index contributed by atoms with van der Waals surface area (Å²) < 4.78 is 0. The molecule has 76 valence electrons. The van der Waals surface area contributed by atoms with Gasteiger partial charge in [-0.2, -0.15) is 0 Å². The zero-order chi connectivity index (χ0) is 9.97. The van der Waals surface area contributed by atoms with Crippen LogP contribution in [0.2, 0.25) is 5.02 Å². The molecule has 0 amide bonds. The lowest BCUT2D eigenvalue weighted by Crippen LogP contribution is -2.23. The third-order valence-corrected chi connectivity index (χ3v) is 3.13. The number of benzene rings is 1. The fraction of sp³-hybridized carbons (Fsp3) is 0.455. The van der Waals surface area contributed by atoms with Gasteiger partial charge in [0.15, 0.2) is 0 Å². The van der Waals surface area contributed by atoms with Crippen molar-refractivity contribution in [3.63, 3.8) is 0 Å². The van der Waals surface area contributed by atoms with E-state index in [2.05, 4.69) is 17.4 Å². The van der Waals surface area contributed by atoms with Crippen LogP contribution in [0.3, 0.4) is 0 Å². The summed E-state index contributed by atoms with van der Waals surface area (Å²) in [6, 6.07) is 8.44. The molecule has 1 aromatic carbocycles. The molecule has 14 heavy (non-hydrogen) atoms. The smallest absolute Gasteiger partial charge is 0.0406 e. The average molecular weight is 211 g/mol. The first-order valence-corrected chi connectivity index (χ1v) is 5.38. The quantitative estimate of drug-likeness (QED) is 0.783. The van der Waals surface area contributed by atoms with Gasteiger partial charge in [0.25, 0.3) is 0 Å². The molecule has 0 saturated carbocycles. The summed E-state index contributed by atoms with van der Waals surface area (Å²) in [7, 11) is 0. The van der Waals surface area contributed by atoms with Crippen LogP contribution in [-0.2, 0) is 0 Å². The van der Waals surface area contributed by atoms with Gasteiger partial charge in [-0.15, -0.1) is 0 Å². The van der Waals surface area contributed by atoms with Gasteiger partial charge in [-0.1, -0.05) is 23.7 Å². The molecular formula is C11H15ClN2. The highest BCUT2D eigenvalue weighted by atomic mass is 35.5. The molecule has 1 aliphatic rings. The van der Waals surface area contributed by atoms with E-state index in [1.807, 2.05) is 12.1 Å². The molecule has 3 heteroatoms. The second-order valence-electron chi connectivity index (χ2n) is 3.77. The number of hydrogen-bond acceptors (Lipinski definition) is 2. The fourth-order valence-electron chi connectivity index (χ4n) is 2.07. The van der Waals surface area contributed by atoms with Crippen molar-refractivity contribution in [1.29, 1.82) is 0 Å². The average Bonchev–Trinajstić information content (AvgIpc) is 2.67. The van der Waals surface area contributed by atoms with Crippen molar-refractivity contribution >= 4 is 11.6 Å². The van der Waals surface area contributed by atoms with Crippen molar-refractivity contribution < 1.29 is 0 Å². The third kappa shape index (κ3) is 1.92. The first kappa shape index (κ1) is 9.97. The Hall–Kier alpha value is -0.570. The van der Waals surface area contributed by atoms with Crippen LogP contribution in [0, 0.1) is 5.92 Å². The Morgan fingerprint density at radius 1 is 1.36 bits per heavy atom. The lowest BCUT2D eigenvalue weighted by Gasteiger charge is -2.18. The second kappa shape index (κ2) is 4.30. The van der Waals surface area contributed by atoms with Gasteiger partial charge >= 0.3 is 0 Å². The summed E-state index contributed by atoms with van der Waals surface area (Å²) in [5.74, 6) is 0.566. The lowest BCUT2D eigenvalue weighted by molar-refractivity contribution is 0.473. The molecule has 1 aromatic rings. The molecule has 3 N–H and O–H groups in total. The molecule has 0 radical (unpaired) electrons. The number of halogens is 1. The standard InChI is InChI=1S/C11H15ClN2/c12-10-3-1-8(2-4-10)11-9(7-13)5-6-14-11/h1-4,9,11,14H,5-7,13H2. The lowest BCUT2D eigenvalue weighted by atomic mass is 9.94. The number of rotatable bonds is 2. The van der Waals surface area contributed by atoms with E-state index in [9.17, 15) is 0 Å². The molecule has 2 unspecified atom stereocenters. The maximum Gasteiger partial charge on any atom is 0.0406 e. The minimum absolute atomic E-state index is 0.414. The number of nitrogens with two attached hydrogens (primary N) is 1. The first-order chi connectivity index (χ1) is 6.81. The van der Waals surface area contributed by atoms with Crippen molar-refractivity contribution in [2.45, 2.75) is 12.5 Å². The Balaban J connectivity index is 2.17. The van der Waals surface area contributed by atoms with Gasteiger partial charge in [0.2, 0.25) is 0 Å². The Labute approximate surface area is 89.4 Å². The number of hydrogen-bond donors (Lipinski definition) is 2. The van der Waals surface area contributed by atoms with E-state index in [0.717, 1.165) is 18.1 Å². The molecule has 1 fully saturated rings. The third-order valence-electron chi connectivity index (χ3n) is 2.88. The molecule has 2 atom stereocenters. The van der Waals surface area contributed by atoms with Gasteiger partial charge in [0, 0.05) is 11.1 Å². The van der Waals surface area contributed by atoms with Gasteiger partial charge < -0.3 is 11.1 Å². The summed E-state index contributed by atoms with van der Waals surface area (Å²) in [6.45, 7) is 1.81. The molecule has 0 aromatic heterocycles. The topological polar surface area (TPSA) is 38.0 Å². The molecule has 0 bridgehead atoms. The Morgan fingerprint density at radius 2 is 2.07 bits per heavy atom. The van der Waals surface area contributed by atoms with E-state index in [4.69, 9.17) is 17.3 Å². The van der Waals surface area contributed by atoms with Gasteiger partial charge in [-0.3, -0.25) is 0 Å². The van der Waals surface area contributed by atoms with Crippen molar-refractivity contribution in [3.05, 3.63) is 34.9 Å². The summed E-state index contributed by atoms with van der Waals surface area (Å²) in [6.07, 6.45) is 1.17. The SMILES string of the molecule is NCC1CCNC1c1ccc(Cl)cc1. The van der Waals surface area contributed by atoms with Gasteiger partial charge in [0.05, 0.1) is 0 Å². The Morgan fingerprint density at radius 3 is 2.71 bits per heavy atom. The van der Waals surface area contributed by atoms with Crippen molar-refractivity contribution in [2.75, 3.05) is 13.1 Å². The van der Waals surface area contributed by atoms with Crippen molar-refractivity contribution in [2.24, 2.45) is 11.7 Å². The largest absolute Gasteiger partial charge is 0.330 e. The predicted molar refractivity (Wildman–Crippen MR) is 59.4 cm³/mol. The van der Waals surface area contributed by atoms with E-state index in [0.29, 0.717) is 12.0 Å². The Bertz CT molecular complexity index is 297. The van der Waals surface area contributed by atoms with E-state index >= 15 is 0 Å². The fourth-order valence-corrected chi connectivity index (χ4v) is 2.20. The number of nitrogens with one attached hydrogen (secondary N) is 1.